The molecule has 4 aromatic rings. The highest BCUT2D eigenvalue weighted by Gasteiger charge is 2.38. The van der Waals surface area contributed by atoms with Crippen LogP contribution in [0.4, 0.5) is 22.7 Å². The minimum Gasteiger partial charge on any atom is -0.377 e. The van der Waals surface area contributed by atoms with Gasteiger partial charge in [0, 0.05) is 78.1 Å². The van der Waals surface area contributed by atoms with E-state index in [0.29, 0.717) is 5.41 Å². The first kappa shape index (κ1) is 108. The Morgan fingerprint density at radius 3 is 0.908 bits per heavy atom. The molecule has 0 spiro atoms. The van der Waals surface area contributed by atoms with Crippen LogP contribution in [0.25, 0.3) is 0 Å². The van der Waals surface area contributed by atoms with Crippen LogP contribution in [-0.4, -0.2) is 55.4 Å². The molecule has 4 nitrogen and oxygen atoms in total. The normalized spacial score (nSPS) is 11.8. The van der Waals surface area contributed by atoms with Gasteiger partial charge in [-0.1, -0.05) is 347 Å². The third-order valence-corrected chi connectivity index (χ3v) is 14.0. The maximum absolute atomic E-state index is 2.49. The summed E-state index contributed by atoms with van der Waals surface area (Å²) in [4.78, 5) is 9.34. The second kappa shape index (κ2) is 84.1. The molecule has 1 aliphatic carbocycles. The maximum atomic E-state index is 2.49. The van der Waals surface area contributed by atoms with Gasteiger partial charge in [-0.2, -0.15) is 0 Å². The maximum Gasteiger partial charge on any atom is 0.0425 e. The molecule has 520 valence electrons. The summed E-state index contributed by atoms with van der Waals surface area (Å²) < 4.78 is 0. The van der Waals surface area contributed by atoms with Crippen molar-refractivity contribution in [3.8, 4) is 0 Å². The molecule has 4 heteroatoms. The topological polar surface area (TPSA) is 13.0 Å². The van der Waals surface area contributed by atoms with Gasteiger partial charge in [0.1, 0.15) is 0 Å². The van der Waals surface area contributed by atoms with E-state index in [0.717, 1.165) is 50.4 Å². The minimum absolute atomic E-state index is 0.466. The van der Waals surface area contributed by atoms with Crippen LogP contribution in [0.2, 0.25) is 0 Å². The molecule has 0 amide bonds. The number of aryl methyl sites for hydroxylation is 6. The number of hydrogen-bond acceptors (Lipinski definition) is 4. The van der Waals surface area contributed by atoms with Gasteiger partial charge in [0.2, 0.25) is 0 Å². The van der Waals surface area contributed by atoms with E-state index in [1.54, 1.807) is 0 Å². The van der Waals surface area contributed by atoms with Crippen molar-refractivity contribution in [3.63, 3.8) is 0 Å². The molecule has 1 fully saturated rings. The molecule has 1 saturated carbocycles. The zero-order valence-electron chi connectivity index (χ0n) is 67.8. The van der Waals surface area contributed by atoms with Gasteiger partial charge in [-0.05, 0) is 114 Å². The monoisotopic (exact) mass is 1220 g/mol. The molecular weight excluding hydrogens is 1050 g/mol. The number of para-hydroxylation sites is 4. The van der Waals surface area contributed by atoms with E-state index in [9.17, 15) is 0 Å². The summed E-state index contributed by atoms with van der Waals surface area (Å²) in [6.45, 7) is 73.3. The van der Waals surface area contributed by atoms with Crippen molar-refractivity contribution >= 4 is 22.7 Å². The summed E-state index contributed by atoms with van der Waals surface area (Å²) in [5.41, 5.74) is 14.8. The summed E-state index contributed by atoms with van der Waals surface area (Å²) >= 11 is 0. The Morgan fingerprint density at radius 1 is 0.345 bits per heavy atom. The van der Waals surface area contributed by atoms with Crippen molar-refractivity contribution in [2.75, 3.05) is 75.0 Å². The number of anilines is 4. The largest absolute Gasteiger partial charge is 0.377 e. The predicted molar refractivity (Wildman–Crippen MR) is 422 cm³/mol. The predicted octanol–water partition coefficient (Wildman–Crippen LogP) is 27.9. The molecule has 2 atom stereocenters. The number of unbranched alkanes of at least 4 members (excludes halogenated alkanes) is 4. The van der Waals surface area contributed by atoms with Crippen LogP contribution in [0, 0.1) is 17.3 Å². The van der Waals surface area contributed by atoms with Gasteiger partial charge in [0.05, 0.1) is 0 Å². The van der Waals surface area contributed by atoms with Gasteiger partial charge in [-0.3, -0.25) is 0 Å². The fraction of sp³-hybridized carbons (Fsp3) is 0.711. The quantitative estimate of drug-likeness (QED) is 0.0921. The molecule has 0 aliphatic heterocycles. The van der Waals surface area contributed by atoms with Crippen LogP contribution >= 0.6 is 0 Å². The van der Waals surface area contributed by atoms with E-state index < -0.39 is 0 Å². The lowest BCUT2D eigenvalue weighted by Crippen LogP contribution is -2.41. The van der Waals surface area contributed by atoms with Crippen molar-refractivity contribution < 1.29 is 0 Å². The SMILES string of the molecule is CC.CC.CC.CC.CC.CC.CC.CC.CC.CC.CC.CC.CCCCCCCN(C)c1ccccc1CC.CCc1cccc(CC)c1N(C)C.CCc1cccc(CC)c1N(C)C.CCc1ccccc1N(C)CC1CCCC(C)C1(C)C. The molecule has 0 bridgehead atoms. The van der Waals surface area contributed by atoms with Gasteiger partial charge in [0.15, 0.2) is 0 Å². The molecule has 0 radical (unpaired) electrons. The Morgan fingerprint density at radius 2 is 0.621 bits per heavy atom. The summed E-state index contributed by atoms with van der Waals surface area (Å²) in [6.07, 6.45) is 17.7. The Labute approximate surface area is 555 Å². The highest BCUT2D eigenvalue weighted by atomic mass is 15.1. The van der Waals surface area contributed by atoms with Crippen LogP contribution in [0.1, 0.15) is 320 Å². The third kappa shape index (κ3) is 49.5. The Hall–Kier alpha value is -3.92. The number of nitrogens with zero attached hydrogens (tertiary/aromatic N) is 4. The molecule has 4 aromatic carbocycles. The molecule has 5 rings (SSSR count). The first-order valence-electron chi connectivity index (χ1n) is 37.3. The molecule has 2 unspecified atom stereocenters. The highest BCUT2D eigenvalue weighted by molar-refractivity contribution is 5.60. The molecule has 0 saturated heterocycles. The van der Waals surface area contributed by atoms with Gasteiger partial charge < -0.3 is 19.6 Å². The van der Waals surface area contributed by atoms with E-state index in [1.807, 2.05) is 166 Å². The van der Waals surface area contributed by atoms with Gasteiger partial charge >= 0.3 is 0 Å². The fourth-order valence-corrected chi connectivity index (χ4v) is 9.59. The first-order valence-corrected chi connectivity index (χ1v) is 37.3. The third-order valence-electron chi connectivity index (χ3n) is 14.0. The Bertz CT molecular complexity index is 1720. The van der Waals surface area contributed by atoms with Gasteiger partial charge in [-0.25, -0.2) is 0 Å². The van der Waals surface area contributed by atoms with Gasteiger partial charge in [-0.15, -0.1) is 0 Å². The second-order valence-corrected chi connectivity index (χ2v) is 19.1. The highest BCUT2D eigenvalue weighted by Crippen LogP contribution is 2.45. The fourth-order valence-electron chi connectivity index (χ4n) is 9.59. The minimum atomic E-state index is 0.466. The summed E-state index contributed by atoms with van der Waals surface area (Å²) in [6, 6.07) is 30.8. The van der Waals surface area contributed by atoms with E-state index in [2.05, 4.69) is 216 Å². The summed E-state index contributed by atoms with van der Waals surface area (Å²) in [5.74, 6) is 1.65. The molecule has 1 aliphatic rings. The smallest absolute Gasteiger partial charge is 0.0425 e. The van der Waals surface area contributed by atoms with Crippen LogP contribution in [-0.2, 0) is 38.5 Å². The second-order valence-electron chi connectivity index (χ2n) is 19.1. The zero-order chi connectivity index (χ0) is 71.0. The van der Waals surface area contributed by atoms with Crippen molar-refractivity contribution in [2.45, 2.75) is 325 Å². The van der Waals surface area contributed by atoms with Crippen LogP contribution in [0.15, 0.2) is 84.9 Å². The van der Waals surface area contributed by atoms with Crippen molar-refractivity contribution in [1.82, 2.24) is 0 Å². The molecule has 0 N–H and O–H groups in total. The van der Waals surface area contributed by atoms with Crippen molar-refractivity contribution in [1.29, 1.82) is 0 Å². The van der Waals surface area contributed by atoms with Crippen molar-refractivity contribution in [2.24, 2.45) is 17.3 Å². The molecular formula is C83H168N4. The van der Waals surface area contributed by atoms with E-state index >= 15 is 0 Å². The summed E-state index contributed by atoms with van der Waals surface area (Å²) in [5, 5.41) is 0. The van der Waals surface area contributed by atoms with Gasteiger partial charge in [0.25, 0.3) is 0 Å². The lowest BCUT2D eigenvalue weighted by Gasteiger charge is -2.45. The Kier molecular flexibility index (Phi) is 104. The lowest BCUT2D eigenvalue weighted by molar-refractivity contribution is 0.0755. The van der Waals surface area contributed by atoms with Crippen LogP contribution in [0.5, 0.6) is 0 Å². The number of benzene rings is 4. The van der Waals surface area contributed by atoms with E-state index in [-0.39, 0.29) is 0 Å². The number of hydrogen-bond donors (Lipinski definition) is 0. The van der Waals surface area contributed by atoms with Crippen LogP contribution in [0.3, 0.4) is 0 Å². The lowest BCUT2D eigenvalue weighted by atomic mass is 9.63. The molecule has 0 aromatic heterocycles. The molecule has 0 heterocycles. The zero-order valence-corrected chi connectivity index (χ0v) is 67.8. The average molecular weight is 1220 g/mol. The number of rotatable bonds is 18. The summed E-state index contributed by atoms with van der Waals surface area (Å²) in [7, 11) is 13.0. The molecule has 87 heavy (non-hydrogen) atoms. The average Bonchev–Trinajstić information content (AvgIpc) is 3.70. The Balaban J connectivity index is -0.0000000886. The van der Waals surface area contributed by atoms with E-state index in [4.69, 9.17) is 0 Å². The van der Waals surface area contributed by atoms with Crippen LogP contribution < -0.4 is 19.6 Å². The van der Waals surface area contributed by atoms with Crippen molar-refractivity contribution in [3.05, 3.63) is 118 Å². The van der Waals surface area contributed by atoms with E-state index in [1.165, 1.54) is 121 Å². The standard InChI is InChI=1S/C19H31N.C16H27N.2C12H19N.12C2H6/c1-6-16-11-7-8-13-18(16)20(5)14-17-12-9-10-15(2)19(17,3)4;1-4-6-7-8-11-14-17(3)16-13-10-9-12-15(16)5-2;2*1-5-10-8-7-9-11(6-2)12(10)13(3)4;12*1-2/h7-8,11,13,15,17H,6,9-10,12,14H2,1-5H3;9-10,12-13H,4-8,11,14H2,1-3H3;2*7-9H,5-6H2,1-4H3;12*1-2H3. The first-order chi connectivity index (χ1) is 42.2.